The third kappa shape index (κ3) is 1.38. The average molecular weight is 241 g/mol. The van der Waals surface area contributed by atoms with E-state index in [0.29, 0.717) is 0 Å². The van der Waals surface area contributed by atoms with Gasteiger partial charge in [0.2, 0.25) is 0 Å². The fraction of sp³-hybridized carbons (Fsp3) is 0.200. The topological polar surface area (TPSA) is 33.4 Å². The average Bonchev–Trinajstić information content (AvgIpc) is 2.49. The van der Waals surface area contributed by atoms with Gasteiger partial charge in [-0.1, -0.05) is 22.0 Å². The first-order valence-electron chi connectivity index (χ1n) is 4.04. The largest absolute Gasteiger partial charge is 0.464 e. The molecule has 1 aromatic carbocycles. The molecule has 2 aromatic rings. The second-order valence-electron chi connectivity index (χ2n) is 2.98. The molecule has 0 aliphatic carbocycles. The monoisotopic (exact) mass is 240 g/mol. The molecule has 0 bridgehead atoms. The Morgan fingerprint density at radius 3 is 2.92 bits per heavy atom. The smallest absolute Gasteiger partial charge is 0.135 e. The van der Waals surface area contributed by atoms with Crippen LogP contribution in [0.1, 0.15) is 18.6 Å². The van der Waals surface area contributed by atoms with E-state index in [-0.39, 0.29) is 0 Å². The van der Waals surface area contributed by atoms with Crippen LogP contribution in [0.5, 0.6) is 0 Å². The predicted molar refractivity (Wildman–Crippen MR) is 54.5 cm³/mol. The maximum absolute atomic E-state index is 9.45. The van der Waals surface area contributed by atoms with E-state index in [9.17, 15) is 5.11 Å². The maximum atomic E-state index is 9.45. The number of furan rings is 1. The van der Waals surface area contributed by atoms with E-state index in [0.717, 1.165) is 21.0 Å². The summed E-state index contributed by atoms with van der Waals surface area (Å²) < 4.78 is 6.25. The fourth-order valence-electron chi connectivity index (χ4n) is 1.38. The van der Waals surface area contributed by atoms with Gasteiger partial charge in [0, 0.05) is 15.4 Å². The van der Waals surface area contributed by atoms with Crippen molar-refractivity contribution in [3.63, 3.8) is 0 Å². The number of aliphatic hydroxyl groups is 1. The third-order valence-electron chi connectivity index (χ3n) is 2.03. The first-order chi connectivity index (χ1) is 6.20. The fourth-order valence-corrected chi connectivity index (χ4v) is 1.95. The molecule has 0 saturated carbocycles. The van der Waals surface area contributed by atoms with Gasteiger partial charge in [0.05, 0.1) is 12.4 Å². The van der Waals surface area contributed by atoms with Crippen molar-refractivity contribution in [1.82, 2.24) is 0 Å². The van der Waals surface area contributed by atoms with Crippen LogP contribution in [0.2, 0.25) is 0 Å². The lowest BCUT2D eigenvalue weighted by Crippen LogP contribution is -1.88. The van der Waals surface area contributed by atoms with Gasteiger partial charge in [-0.15, -0.1) is 0 Å². The molecule has 1 N–H and O–H groups in total. The van der Waals surface area contributed by atoms with E-state index in [1.165, 1.54) is 0 Å². The van der Waals surface area contributed by atoms with Crippen LogP contribution in [0, 0.1) is 0 Å². The van der Waals surface area contributed by atoms with E-state index >= 15 is 0 Å². The minimum Gasteiger partial charge on any atom is -0.464 e. The Bertz CT molecular complexity index is 431. The van der Waals surface area contributed by atoms with E-state index in [4.69, 9.17) is 4.42 Å². The van der Waals surface area contributed by atoms with Gasteiger partial charge in [0.15, 0.2) is 0 Å². The summed E-state index contributed by atoms with van der Waals surface area (Å²) in [5.74, 6) is 0. The molecule has 0 fully saturated rings. The molecule has 0 spiro atoms. The van der Waals surface area contributed by atoms with Crippen LogP contribution in [-0.4, -0.2) is 5.11 Å². The summed E-state index contributed by atoms with van der Waals surface area (Å²) in [6, 6.07) is 5.72. The summed E-state index contributed by atoms with van der Waals surface area (Å²) in [4.78, 5) is 0. The number of rotatable bonds is 1. The molecule has 13 heavy (non-hydrogen) atoms. The summed E-state index contributed by atoms with van der Waals surface area (Å²) in [5.41, 5.74) is 1.62. The van der Waals surface area contributed by atoms with Gasteiger partial charge in [-0.05, 0) is 19.1 Å². The molecule has 1 atom stereocenters. The van der Waals surface area contributed by atoms with E-state index in [1.807, 2.05) is 18.2 Å². The Morgan fingerprint density at radius 1 is 1.46 bits per heavy atom. The molecule has 0 radical (unpaired) electrons. The van der Waals surface area contributed by atoms with Crippen LogP contribution >= 0.6 is 15.9 Å². The summed E-state index contributed by atoms with van der Waals surface area (Å²) in [6.07, 6.45) is 1.10. The molecule has 1 heterocycles. The molecule has 2 nitrogen and oxygen atoms in total. The Hall–Kier alpha value is -0.800. The normalized spacial score (nSPS) is 13.5. The molecule has 0 saturated heterocycles. The van der Waals surface area contributed by atoms with Gasteiger partial charge in [0.25, 0.3) is 0 Å². The number of aliphatic hydroxyl groups excluding tert-OH is 1. The van der Waals surface area contributed by atoms with Crippen LogP contribution < -0.4 is 0 Å². The maximum Gasteiger partial charge on any atom is 0.135 e. The SMILES string of the molecule is CC(O)c1coc2cccc(Br)c12. The molecular weight excluding hydrogens is 232 g/mol. The Labute approximate surface area is 84.3 Å². The molecular formula is C10H9BrO2. The lowest BCUT2D eigenvalue weighted by Gasteiger charge is -2.01. The van der Waals surface area contributed by atoms with Crippen LogP contribution in [0.25, 0.3) is 11.0 Å². The van der Waals surface area contributed by atoms with Gasteiger partial charge >= 0.3 is 0 Å². The number of halogens is 1. The number of benzene rings is 1. The number of hydrogen-bond acceptors (Lipinski definition) is 2. The highest BCUT2D eigenvalue weighted by atomic mass is 79.9. The summed E-state index contributed by atoms with van der Waals surface area (Å²) in [6.45, 7) is 1.73. The number of fused-ring (bicyclic) bond motifs is 1. The van der Waals surface area contributed by atoms with Crippen molar-refractivity contribution >= 4 is 26.9 Å². The Balaban J connectivity index is 2.79. The first kappa shape index (κ1) is 8.78. The van der Waals surface area contributed by atoms with Gasteiger partial charge < -0.3 is 9.52 Å². The van der Waals surface area contributed by atoms with E-state index in [2.05, 4.69) is 15.9 Å². The van der Waals surface area contributed by atoms with Crippen LogP contribution in [0.4, 0.5) is 0 Å². The van der Waals surface area contributed by atoms with Crippen molar-refractivity contribution in [2.24, 2.45) is 0 Å². The van der Waals surface area contributed by atoms with Gasteiger partial charge in [-0.3, -0.25) is 0 Å². The van der Waals surface area contributed by atoms with Crippen molar-refractivity contribution < 1.29 is 9.52 Å². The molecule has 2 rings (SSSR count). The standard InChI is InChI=1S/C10H9BrO2/c1-6(12)7-5-13-9-4-2-3-8(11)10(7)9/h2-6,12H,1H3. The lowest BCUT2D eigenvalue weighted by atomic mass is 10.1. The molecule has 0 aliphatic heterocycles. The molecule has 0 amide bonds. The van der Waals surface area contributed by atoms with Crippen LogP contribution in [0.3, 0.4) is 0 Å². The summed E-state index contributed by atoms with van der Waals surface area (Å²) in [7, 11) is 0. The summed E-state index contributed by atoms with van der Waals surface area (Å²) in [5, 5.41) is 10.4. The number of hydrogen-bond donors (Lipinski definition) is 1. The quantitative estimate of drug-likeness (QED) is 0.831. The highest BCUT2D eigenvalue weighted by Gasteiger charge is 2.12. The van der Waals surface area contributed by atoms with Gasteiger partial charge in [0.1, 0.15) is 5.58 Å². The minimum absolute atomic E-state index is 0.500. The zero-order valence-corrected chi connectivity index (χ0v) is 8.71. The summed E-state index contributed by atoms with van der Waals surface area (Å²) >= 11 is 3.42. The van der Waals surface area contributed by atoms with Crippen molar-refractivity contribution in [1.29, 1.82) is 0 Å². The lowest BCUT2D eigenvalue weighted by molar-refractivity contribution is 0.199. The zero-order chi connectivity index (χ0) is 9.42. The predicted octanol–water partition coefficient (Wildman–Crippen LogP) is 3.25. The zero-order valence-electron chi connectivity index (χ0n) is 7.12. The second-order valence-corrected chi connectivity index (χ2v) is 3.83. The highest BCUT2D eigenvalue weighted by molar-refractivity contribution is 9.10. The third-order valence-corrected chi connectivity index (χ3v) is 2.69. The highest BCUT2D eigenvalue weighted by Crippen LogP contribution is 2.32. The van der Waals surface area contributed by atoms with Crippen LogP contribution in [-0.2, 0) is 0 Å². The van der Waals surface area contributed by atoms with Crippen molar-refractivity contribution in [3.8, 4) is 0 Å². The minimum atomic E-state index is -0.500. The Kier molecular flexibility index (Phi) is 2.14. The van der Waals surface area contributed by atoms with Crippen LogP contribution in [0.15, 0.2) is 33.4 Å². The van der Waals surface area contributed by atoms with Crippen molar-refractivity contribution in [2.45, 2.75) is 13.0 Å². The molecule has 1 aromatic heterocycles. The van der Waals surface area contributed by atoms with Gasteiger partial charge in [-0.25, -0.2) is 0 Å². The first-order valence-corrected chi connectivity index (χ1v) is 4.83. The van der Waals surface area contributed by atoms with E-state index < -0.39 is 6.10 Å². The van der Waals surface area contributed by atoms with Gasteiger partial charge in [-0.2, -0.15) is 0 Å². The molecule has 0 aliphatic rings. The second kappa shape index (κ2) is 3.16. The molecule has 68 valence electrons. The molecule has 1 unspecified atom stereocenters. The molecule has 3 heteroatoms. The Morgan fingerprint density at radius 2 is 2.23 bits per heavy atom. The van der Waals surface area contributed by atoms with Crippen molar-refractivity contribution in [3.05, 3.63) is 34.5 Å². The van der Waals surface area contributed by atoms with E-state index in [1.54, 1.807) is 13.2 Å². The van der Waals surface area contributed by atoms with Crippen molar-refractivity contribution in [2.75, 3.05) is 0 Å².